The van der Waals surface area contributed by atoms with Crippen LogP contribution < -0.4 is 5.32 Å². The molecular weight excluding hydrogens is 190 g/mol. The van der Waals surface area contributed by atoms with Crippen LogP contribution in [-0.2, 0) is 4.74 Å². The molecule has 1 saturated carbocycles. The fourth-order valence-electron chi connectivity index (χ4n) is 2.22. The lowest BCUT2D eigenvalue weighted by Crippen LogP contribution is -2.29. The van der Waals surface area contributed by atoms with Crippen molar-refractivity contribution in [3.63, 3.8) is 0 Å². The van der Waals surface area contributed by atoms with E-state index in [-0.39, 0.29) is 6.10 Å². The van der Waals surface area contributed by atoms with Gasteiger partial charge in [-0.3, -0.25) is 0 Å². The van der Waals surface area contributed by atoms with Crippen molar-refractivity contribution in [2.45, 2.75) is 50.7 Å². The smallest absolute Gasteiger partial charge is 0.0692 e. The Hall–Kier alpha value is -0.120. The van der Waals surface area contributed by atoms with Crippen LogP contribution in [0.2, 0.25) is 0 Å². The van der Waals surface area contributed by atoms with Crippen LogP contribution in [0.15, 0.2) is 0 Å². The molecule has 0 aromatic heterocycles. The van der Waals surface area contributed by atoms with Crippen LogP contribution in [0.25, 0.3) is 0 Å². The van der Waals surface area contributed by atoms with Crippen molar-refractivity contribution in [3.8, 4) is 0 Å². The topological polar surface area (TPSA) is 41.5 Å². The zero-order valence-corrected chi connectivity index (χ0v) is 9.45. The summed E-state index contributed by atoms with van der Waals surface area (Å²) in [5.74, 6) is 0.593. The summed E-state index contributed by atoms with van der Waals surface area (Å²) in [5, 5.41) is 12.9. The highest BCUT2D eigenvalue weighted by molar-refractivity contribution is 4.82. The fraction of sp³-hybridized carbons (Fsp3) is 1.00. The number of hydrogen-bond donors (Lipinski definition) is 2. The normalized spacial score (nSPS) is 28.2. The van der Waals surface area contributed by atoms with Gasteiger partial charge in [-0.25, -0.2) is 0 Å². The molecule has 1 aliphatic carbocycles. The molecule has 0 aromatic carbocycles. The molecule has 0 amide bonds. The van der Waals surface area contributed by atoms with E-state index in [1.165, 1.54) is 38.5 Å². The molecule has 1 saturated heterocycles. The average molecular weight is 213 g/mol. The van der Waals surface area contributed by atoms with Gasteiger partial charge in [-0.1, -0.05) is 0 Å². The summed E-state index contributed by atoms with van der Waals surface area (Å²) in [4.78, 5) is 0. The standard InChI is InChI=1S/C12H23NO2/c14-12(10-5-6-10)9-13-7-1-3-11-4-2-8-15-11/h10-14H,1-9H2. The van der Waals surface area contributed by atoms with Crippen molar-refractivity contribution in [2.24, 2.45) is 5.92 Å². The Morgan fingerprint density at radius 3 is 2.87 bits per heavy atom. The third kappa shape index (κ3) is 4.09. The van der Waals surface area contributed by atoms with E-state index in [1.807, 2.05) is 0 Å². The molecule has 1 heterocycles. The Bertz CT molecular complexity index is 172. The van der Waals surface area contributed by atoms with Gasteiger partial charge in [0.25, 0.3) is 0 Å². The summed E-state index contributed by atoms with van der Waals surface area (Å²) in [6.45, 7) is 2.75. The molecule has 2 unspecified atom stereocenters. The molecule has 0 bridgehead atoms. The summed E-state index contributed by atoms with van der Waals surface area (Å²) >= 11 is 0. The minimum Gasteiger partial charge on any atom is -0.392 e. The molecule has 88 valence electrons. The second-order valence-corrected chi connectivity index (χ2v) is 4.89. The van der Waals surface area contributed by atoms with E-state index in [0.29, 0.717) is 12.0 Å². The molecule has 0 spiro atoms. The maximum Gasteiger partial charge on any atom is 0.0692 e. The average Bonchev–Trinajstić information content (AvgIpc) is 2.97. The summed E-state index contributed by atoms with van der Waals surface area (Å²) in [5.41, 5.74) is 0. The van der Waals surface area contributed by atoms with Gasteiger partial charge >= 0.3 is 0 Å². The number of hydrogen-bond acceptors (Lipinski definition) is 3. The number of nitrogens with one attached hydrogen (secondary N) is 1. The van der Waals surface area contributed by atoms with Crippen molar-refractivity contribution in [1.29, 1.82) is 0 Å². The molecule has 0 radical (unpaired) electrons. The maximum absolute atomic E-state index is 9.61. The van der Waals surface area contributed by atoms with Gasteiger partial charge in [0, 0.05) is 13.2 Å². The van der Waals surface area contributed by atoms with Gasteiger partial charge in [0.1, 0.15) is 0 Å². The minimum absolute atomic E-state index is 0.104. The van der Waals surface area contributed by atoms with Gasteiger partial charge in [0.2, 0.25) is 0 Å². The van der Waals surface area contributed by atoms with Crippen LogP contribution in [0.4, 0.5) is 0 Å². The molecule has 15 heavy (non-hydrogen) atoms. The van der Waals surface area contributed by atoms with Crippen molar-refractivity contribution in [2.75, 3.05) is 19.7 Å². The molecule has 2 fully saturated rings. The first-order chi connectivity index (χ1) is 7.36. The summed E-state index contributed by atoms with van der Waals surface area (Å²) in [7, 11) is 0. The first-order valence-electron chi connectivity index (χ1n) is 6.36. The molecule has 1 aliphatic heterocycles. The number of aliphatic hydroxyl groups is 1. The first kappa shape index (κ1) is 11.4. The van der Waals surface area contributed by atoms with E-state index in [1.54, 1.807) is 0 Å². The van der Waals surface area contributed by atoms with Crippen LogP contribution in [0.3, 0.4) is 0 Å². The molecular formula is C12H23NO2. The van der Waals surface area contributed by atoms with E-state index in [2.05, 4.69) is 5.32 Å². The zero-order valence-electron chi connectivity index (χ0n) is 9.45. The first-order valence-corrected chi connectivity index (χ1v) is 6.36. The zero-order chi connectivity index (χ0) is 10.5. The Labute approximate surface area is 92.2 Å². The molecule has 2 atom stereocenters. The third-order valence-electron chi connectivity index (χ3n) is 3.42. The molecule has 3 nitrogen and oxygen atoms in total. The third-order valence-corrected chi connectivity index (χ3v) is 3.42. The summed E-state index contributed by atoms with van der Waals surface area (Å²) in [6, 6.07) is 0. The maximum atomic E-state index is 9.61. The van der Waals surface area contributed by atoms with Crippen molar-refractivity contribution in [1.82, 2.24) is 5.32 Å². The fourth-order valence-corrected chi connectivity index (χ4v) is 2.22. The van der Waals surface area contributed by atoms with Crippen LogP contribution in [0.5, 0.6) is 0 Å². The Kier molecular flexibility index (Phi) is 4.42. The van der Waals surface area contributed by atoms with Gasteiger partial charge < -0.3 is 15.2 Å². The lowest BCUT2D eigenvalue weighted by molar-refractivity contribution is 0.102. The molecule has 2 N–H and O–H groups in total. The predicted octanol–water partition coefficient (Wildman–Crippen LogP) is 1.31. The van der Waals surface area contributed by atoms with Crippen LogP contribution in [0, 0.1) is 5.92 Å². The Morgan fingerprint density at radius 1 is 1.33 bits per heavy atom. The SMILES string of the molecule is OC(CNCCCC1CCCO1)C1CC1. The quantitative estimate of drug-likeness (QED) is 0.626. The van der Waals surface area contributed by atoms with Gasteiger partial charge in [0.15, 0.2) is 0 Å². The number of rotatable bonds is 7. The van der Waals surface area contributed by atoms with Crippen LogP contribution in [0.1, 0.15) is 38.5 Å². The van der Waals surface area contributed by atoms with Gasteiger partial charge in [-0.2, -0.15) is 0 Å². The number of ether oxygens (including phenoxy) is 1. The molecule has 2 aliphatic rings. The molecule has 0 aromatic rings. The monoisotopic (exact) mass is 213 g/mol. The van der Waals surface area contributed by atoms with E-state index < -0.39 is 0 Å². The summed E-state index contributed by atoms with van der Waals surface area (Å²) in [6.07, 6.45) is 7.67. The predicted molar refractivity (Wildman–Crippen MR) is 59.8 cm³/mol. The molecule has 3 heteroatoms. The lowest BCUT2D eigenvalue weighted by Gasteiger charge is -2.12. The highest BCUT2D eigenvalue weighted by atomic mass is 16.5. The van der Waals surface area contributed by atoms with Gasteiger partial charge in [-0.05, 0) is 51.0 Å². The Balaban J connectivity index is 1.41. The Morgan fingerprint density at radius 2 is 2.20 bits per heavy atom. The number of aliphatic hydroxyl groups excluding tert-OH is 1. The molecule has 2 rings (SSSR count). The van der Waals surface area contributed by atoms with E-state index in [4.69, 9.17) is 4.74 Å². The van der Waals surface area contributed by atoms with E-state index in [9.17, 15) is 5.11 Å². The lowest BCUT2D eigenvalue weighted by atomic mass is 10.1. The van der Waals surface area contributed by atoms with Crippen LogP contribution >= 0.6 is 0 Å². The van der Waals surface area contributed by atoms with Crippen molar-refractivity contribution < 1.29 is 9.84 Å². The van der Waals surface area contributed by atoms with Crippen LogP contribution in [-0.4, -0.2) is 37.0 Å². The summed E-state index contributed by atoms with van der Waals surface area (Å²) < 4.78 is 5.55. The van der Waals surface area contributed by atoms with Gasteiger partial charge in [0.05, 0.1) is 12.2 Å². The highest BCUT2D eigenvalue weighted by Crippen LogP contribution is 2.32. The second kappa shape index (κ2) is 5.83. The second-order valence-electron chi connectivity index (χ2n) is 4.89. The minimum atomic E-state index is -0.104. The van der Waals surface area contributed by atoms with Crippen molar-refractivity contribution >= 4 is 0 Å². The highest BCUT2D eigenvalue weighted by Gasteiger charge is 2.28. The van der Waals surface area contributed by atoms with Crippen molar-refractivity contribution in [3.05, 3.63) is 0 Å². The van der Waals surface area contributed by atoms with E-state index in [0.717, 1.165) is 19.7 Å². The largest absolute Gasteiger partial charge is 0.392 e. The van der Waals surface area contributed by atoms with E-state index >= 15 is 0 Å². The van der Waals surface area contributed by atoms with Gasteiger partial charge in [-0.15, -0.1) is 0 Å².